The van der Waals surface area contributed by atoms with Gasteiger partial charge in [0.1, 0.15) is 24.1 Å². The van der Waals surface area contributed by atoms with E-state index < -0.39 is 18.4 Å². The zero-order valence-corrected chi connectivity index (χ0v) is 13.2. The predicted molar refractivity (Wildman–Crippen MR) is 83.4 cm³/mol. The van der Waals surface area contributed by atoms with Crippen LogP contribution in [0.15, 0.2) is 12.7 Å². The molecule has 9 nitrogen and oxygen atoms in total. The summed E-state index contributed by atoms with van der Waals surface area (Å²) in [6, 6.07) is -0.295. The third-order valence-electron chi connectivity index (χ3n) is 4.41. The van der Waals surface area contributed by atoms with E-state index in [1.54, 1.807) is 4.57 Å². The Balaban J connectivity index is 1.98. The lowest BCUT2D eigenvalue weighted by atomic mass is 10.1. The van der Waals surface area contributed by atoms with E-state index in [0.717, 1.165) is 13.1 Å². The van der Waals surface area contributed by atoms with Gasteiger partial charge in [-0.05, 0) is 13.1 Å². The second-order valence-corrected chi connectivity index (χ2v) is 5.53. The van der Waals surface area contributed by atoms with Crippen molar-refractivity contribution < 1.29 is 14.9 Å². The largest absolute Gasteiger partial charge is 0.394 e. The molecule has 1 saturated heterocycles. The number of anilines is 1. The first-order valence-corrected chi connectivity index (χ1v) is 7.73. The second-order valence-electron chi connectivity index (χ2n) is 5.53. The van der Waals surface area contributed by atoms with E-state index in [1.165, 1.54) is 12.7 Å². The standard InChI is InChI=1S/C14H22N6O3/c1-3-19(4-2)10-8(5-21)23-14(11(10)22)20-7-18-9-12(15)16-6-17-13(9)20/h6-8,10-11,14,21-22H,3-5H2,1-2H3,(H2,15,16,17)/t8-,10-,11+,14-/m1/s1. The Labute approximate surface area is 133 Å². The summed E-state index contributed by atoms with van der Waals surface area (Å²) in [5, 5.41) is 20.4. The molecule has 4 atom stereocenters. The van der Waals surface area contributed by atoms with Gasteiger partial charge in [-0.2, -0.15) is 0 Å². The number of likely N-dealkylation sites (N-methyl/N-ethyl adjacent to an activating group) is 1. The molecule has 3 heterocycles. The van der Waals surface area contributed by atoms with Crippen molar-refractivity contribution in [3.05, 3.63) is 12.7 Å². The summed E-state index contributed by atoms with van der Waals surface area (Å²) in [4.78, 5) is 14.4. The fourth-order valence-corrected chi connectivity index (χ4v) is 3.26. The van der Waals surface area contributed by atoms with E-state index in [0.29, 0.717) is 11.2 Å². The van der Waals surface area contributed by atoms with Crippen LogP contribution in [0.3, 0.4) is 0 Å². The van der Waals surface area contributed by atoms with Gasteiger partial charge in [0.15, 0.2) is 17.7 Å². The van der Waals surface area contributed by atoms with Gasteiger partial charge in [-0.1, -0.05) is 13.8 Å². The number of nitrogens with zero attached hydrogens (tertiary/aromatic N) is 5. The topological polar surface area (TPSA) is 123 Å². The van der Waals surface area contributed by atoms with E-state index in [-0.39, 0.29) is 18.5 Å². The van der Waals surface area contributed by atoms with Crippen LogP contribution >= 0.6 is 0 Å². The van der Waals surface area contributed by atoms with Crippen LogP contribution in [0.4, 0.5) is 5.82 Å². The average Bonchev–Trinajstić information content (AvgIpc) is 3.12. The predicted octanol–water partition coefficient (Wildman–Crippen LogP) is -0.630. The van der Waals surface area contributed by atoms with Gasteiger partial charge in [0, 0.05) is 0 Å². The van der Waals surface area contributed by atoms with E-state index in [9.17, 15) is 10.2 Å². The van der Waals surface area contributed by atoms with Crippen molar-refractivity contribution in [2.75, 3.05) is 25.4 Å². The van der Waals surface area contributed by atoms with Crippen LogP contribution in [-0.2, 0) is 4.74 Å². The molecule has 2 aromatic rings. The van der Waals surface area contributed by atoms with Gasteiger partial charge in [-0.25, -0.2) is 15.0 Å². The lowest BCUT2D eigenvalue weighted by molar-refractivity contribution is -0.0498. The average molecular weight is 322 g/mol. The van der Waals surface area contributed by atoms with Gasteiger partial charge < -0.3 is 20.7 Å². The van der Waals surface area contributed by atoms with Crippen LogP contribution in [0.5, 0.6) is 0 Å². The van der Waals surface area contributed by atoms with Crippen molar-refractivity contribution in [2.24, 2.45) is 0 Å². The molecule has 1 fully saturated rings. The lowest BCUT2D eigenvalue weighted by Crippen LogP contribution is -2.48. The number of aromatic nitrogens is 4. The van der Waals surface area contributed by atoms with Crippen LogP contribution in [0.2, 0.25) is 0 Å². The number of nitrogens with two attached hydrogens (primary N) is 1. The van der Waals surface area contributed by atoms with Crippen LogP contribution < -0.4 is 5.73 Å². The first-order chi connectivity index (χ1) is 11.1. The molecule has 0 aromatic carbocycles. The van der Waals surface area contributed by atoms with Crippen molar-refractivity contribution >= 4 is 17.0 Å². The Hall–Kier alpha value is -1.81. The minimum atomic E-state index is -0.819. The minimum Gasteiger partial charge on any atom is -0.394 e. The number of hydrogen-bond acceptors (Lipinski definition) is 8. The molecule has 2 aromatic heterocycles. The van der Waals surface area contributed by atoms with Gasteiger partial charge in [0.2, 0.25) is 0 Å². The fraction of sp³-hybridized carbons (Fsp3) is 0.643. The molecular weight excluding hydrogens is 300 g/mol. The van der Waals surface area contributed by atoms with Crippen molar-refractivity contribution in [3.63, 3.8) is 0 Å². The Kier molecular flexibility index (Phi) is 4.44. The molecule has 0 aliphatic carbocycles. The highest BCUT2D eigenvalue weighted by molar-refractivity contribution is 5.81. The first-order valence-electron chi connectivity index (χ1n) is 7.73. The first kappa shape index (κ1) is 16.1. The zero-order valence-electron chi connectivity index (χ0n) is 13.2. The Bertz CT molecular complexity index is 674. The molecule has 0 radical (unpaired) electrons. The molecule has 0 spiro atoms. The minimum absolute atomic E-state index is 0.168. The number of fused-ring (bicyclic) bond motifs is 1. The van der Waals surface area contributed by atoms with Crippen molar-refractivity contribution in [1.82, 2.24) is 24.4 Å². The number of hydrogen-bond donors (Lipinski definition) is 3. The number of rotatable bonds is 5. The second kappa shape index (κ2) is 6.36. The van der Waals surface area contributed by atoms with Gasteiger partial charge in [-0.3, -0.25) is 9.47 Å². The molecule has 0 unspecified atom stereocenters. The van der Waals surface area contributed by atoms with Crippen molar-refractivity contribution in [3.8, 4) is 0 Å². The smallest absolute Gasteiger partial charge is 0.167 e. The summed E-state index contributed by atoms with van der Waals surface area (Å²) >= 11 is 0. The van der Waals surface area contributed by atoms with Gasteiger partial charge >= 0.3 is 0 Å². The normalized spacial score (nSPS) is 28.0. The van der Waals surface area contributed by atoms with Gasteiger partial charge in [0.25, 0.3) is 0 Å². The van der Waals surface area contributed by atoms with Crippen molar-refractivity contribution in [1.29, 1.82) is 0 Å². The molecule has 9 heteroatoms. The van der Waals surface area contributed by atoms with Crippen molar-refractivity contribution in [2.45, 2.75) is 38.3 Å². The SMILES string of the molecule is CCN(CC)[C@H]1[C@H](O)[C@H](n2cnc3c(N)ncnc32)O[C@@H]1CO. The van der Waals surface area contributed by atoms with E-state index in [2.05, 4.69) is 19.9 Å². The van der Waals surface area contributed by atoms with Crippen LogP contribution in [-0.4, -0.2) is 72.6 Å². The summed E-state index contributed by atoms with van der Waals surface area (Å²) in [5.74, 6) is 0.278. The van der Waals surface area contributed by atoms with Crippen LogP contribution in [0.25, 0.3) is 11.2 Å². The maximum atomic E-state index is 10.8. The molecule has 23 heavy (non-hydrogen) atoms. The Morgan fingerprint density at radius 1 is 1.30 bits per heavy atom. The third-order valence-corrected chi connectivity index (χ3v) is 4.41. The van der Waals surface area contributed by atoms with Crippen LogP contribution in [0.1, 0.15) is 20.1 Å². The summed E-state index contributed by atoms with van der Waals surface area (Å²) in [6.07, 6.45) is 0.898. The number of aliphatic hydroxyl groups is 2. The highest BCUT2D eigenvalue weighted by atomic mass is 16.5. The number of nitrogen functional groups attached to an aromatic ring is 1. The number of imidazole rings is 1. The third kappa shape index (κ3) is 2.55. The molecule has 0 amide bonds. The highest BCUT2D eigenvalue weighted by Crippen LogP contribution is 2.34. The molecule has 1 aliphatic heterocycles. The maximum Gasteiger partial charge on any atom is 0.167 e. The summed E-state index contributed by atoms with van der Waals surface area (Å²) in [5.41, 5.74) is 6.76. The molecule has 4 N–H and O–H groups in total. The molecule has 0 bridgehead atoms. The Morgan fingerprint density at radius 3 is 2.70 bits per heavy atom. The quantitative estimate of drug-likeness (QED) is 0.665. The molecule has 0 saturated carbocycles. The summed E-state index contributed by atoms with van der Waals surface area (Å²) in [6.45, 7) is 5.37. The molecule has 1 aliphatic rings. The molecular formula is C14H22N6O3. The summed E-state index contributed by atoms with van der Waals surface area (Å²) < 4.78 is 7.54. The molecule has 3 rings (SSSR count). The number of ether oxygens (including phenoxy) is 1. The Morgan fingerprint density at radius 2 is 2.04 bits per heavy atom. The monoisotopic (exact) mass is 322 g/mol. The molecule has 126 valence electrons. The maximum absolute atomic E-state index is 10.8. The van der Waals surface area contributed by atoms with E-state index in [1.807, 2.05) is 13.8 Å². The van der Waals surface area contributed by atoms with Crippen LogP contribution in [0, 0.1) is 0 Å². The van der Waals surface area contributed by atoms with E-state index in [4.69, 9.17) is 10.5 Å². The van der Waals surface area contributed by atoms with Gasteiger partial charge in [-0.15, -0.1) is 0 Å². The highest BCUT2D eigenvalue weighted by Gasteiger charge is 2.47. The lowest BCUT2D eigenvalue weighted by Gasteiger charge is -2.31. The summed E-state index contributed by atoms with van der Waals surface area (Å²) in [7, 11) is 0. The van der Waals surface area contributed by atoms with E-state index >= 15 is 0 Å². The fourth-order valence-electron chi connectivity index (χ4n) is 3.26. The van der Waals surface area contributed by atoms with Gasteiger partial charge in [0.05, 0.1) is 19.0 Å². The number of aliphatic hydroxyl groups excluding tert-OH is 2. The zero-order chi connectivity index (χ0) is 16.6.